The van der Waals surface area contributed by atoms with Gasteiger partial charge in [0, 0.05) is 0 Å². The van der Waals surface area contributed by atoms with Gasteiger partial charge >= 0.3 is 12.4 Å². The molecule has 0 amide bonds. The number of rotatable bonds is 6. The predicted molar refractivity (Wildman–Crippen MR) is 110 cm³/mol. The third-order valence-corrected chi connectivity index (χ3v) is 6.03. The van der Waals surface area contributed by atoms with Gasteiger partial charge in [-0.3, -0.25) is 4.79 Å². The second-order valence-electron chi connectivity index (χ2n) is 7.69. The first-order valence-electron chi connectivity index (χ1n) is 8.98. The van der Waals surface area contributed by atoms with E-state index in [1.54, 1.807) is 0 Å². The van der Waals surface area contributed by atoms with Crippen LogP contribution in [0.15, 0.2) is 36.4 Å². The summed E-state index contributed by atoms with van der Waals surface area (Å²) in [7, 11) is 0. The van der Waals surface area contributed by atoms with E-state index < -0.39 is 49.5 Å². The molecule has 0 spiro atoms. The smallest absolute Gasteiger partial charge is 0.297 e. The molecule has 0 bridgehead atoms. The van der Waals surface area contributed by atoms with E-state index in [-0.39, 0.29) is 24.0 Å². The van der Waals surface area contributed by atoms with Gasteiger partial charge in [-0.05, 0) is 62.1 Å². The Kier molecular flexibility index (Phi) is 7.56. The molecule has 0 saturated carbocycles. The van der Waals surface area contributed by atoms with Crippen molar-refractivity contribution in [2.24, 2.45) is 0 Å². The van der Waals surface area contributed by atoms with Crippen LogP contribution in [0.25, 0.3) is 0 Å². The lowest BCUT2D eigenvalue weighted by Crippen LogP contribution is -2.45. The molecule has 2 unspecified atom stereocenters. The summed E-state index contributed by atoms with van der Waals surface area (Å²) in [5.74, 6) is -2.91. The molecule has 0 fully saturated rings. The van der Waals surface area contributed by atoms with Crippen LogP contribution in [-0.4, -0.2) is 14.4 Å². The van der Waals surface area contributed by atoms with Crippen molar-refractivity contribution in [1.82, 2.24) is 0 Å². The summed E-state index contributed by atoms with van der Waals surface area (Å²) < 4.78 is 102. The van der Waals surface area contributed by atoms with Crippen LogP contribution in [0, 0.1) is 11.6 Å². The van der Waals surface area contributed by atoms with Crippen molar-refractivity contribution >= 4 is 37.6 Å². The Bertz CT molecular complexity index is 930. The lowest BCUT2D eigenvalue weighted by atomic mass is 9.86. The molecule has 0 heterocycles. The first-order valence-corrected chi connectivity index (χ1v) is 10.6. The number of ketones is 1. The molecule has 0 aromatic heterocycles. The number of carbonyl (C=O) groups is 1. The Morgan fingerprint density at radius 1 is 0.719 bits per heavy atom. The largest absolute Gasteiger partial charge is 0.416 e. The van der Waals surface area contributed by atoms with Crippen molar-refractivity contribution in [1.29, 1.82) is 0 Å². The fraction of sp³-hybridized carbons (Fsp3) is 0.381. The van der Waals surface area contributed by atoms with Crippen molar-refractivity contribution in [2.45, 2.75) is 47.7 Å². The normalized spacial score (nSPS) is 16.4. The second-order valence-corrected chi connectivity index (χ2v) is 11.2. The monoisotopic (exact) mass is 594 g/mol. The average Bonchev–Trinajstić information content (AvgIpc) is 2.62. The minimum atomic E-state index is -4.73. The molecule has 2 atom stereocenters. The van der Waals surface area contributed by atoms with Gasteiger partial charge in [0.15, 0.2) is 5.78 Å². The Morgan fingerprint density at radius 2 is 1.03 bits per heavy atom. The third-order valence-electron chi connectivity index (χ3n) is 4.75. The van der Waals surface area contributed by atoms with Crippen molar-refractivity contribution in [3.8, 4) is 0 Å². The Hall–Kier alpha value is -1.49. The SMILES string of the molecule is CC(Br)(Cc1ccc(C(F)(F)F)cc1F)C(=O)C(C)(Br)Cc1ccc(C(F)(F)F)cc1F. The number of hydrogen-bond donors (Lipinski definition) is 0. The van der Waals surface area contributed by atoms with Gasteiger partial charge in [-0.15, -0.1) is 0 Å². The highest BCUT2D eigenvalue weighted by Crippen LogP contribution is 2.38. The van der Waals surface area contributed by atoms with Crippen molar-refractivity contribution in [2.75, 3.05) is 0 Å². The number of alkyl halides is 8. The van der Waals surface area contributed by atoms with Gasteiger partial charge < -0.3 is 0 Å². The zero-order valence-corrected chi connectivity index (χ0v) is 19.7. The minimum Gasteiger partial charge on any atom is -0.297 e. The van der Waals surface area contributed by atoms with E-state index in [2.05, 4.69) is 31.9 Å². The molecule has 32 heavy (non-hydrogen) atoms. The van der Waals surface area contributed by atoms with Crippen LogP contribution in [0.5, 0.6) is 0 Å². The van der Waals surface area contributed by atoms with Gasteiger partial charge in [0.25, 0.3) is 0 Å². The van der Waals surface area contributed by atoms with Crippen LogP contribution < -0.4 is 0 Å². The maximum atomic E-state index is 14.2. The van der Waals surface area contributed by atoms with Crippen LogP contribution in [0.4, 0.5) is 35.1 Å². The Balaban J connectivity index is 2.25. The van der Waals surface area contributed by atoms with Crippen LogP contribution in [-0.2, 0) is 30.0 Å². The summed E-state index contributed by atoms with van der Waals surface area (Å²) in [5, 5.41) is 0. The summed E-state index contributed by atoms with van der Waals surface area (Å²) in [6.45, 7) is 2.74. The number of Topliss-reactive ketones (excluding diaryl/α,β-unsaturated/α-hetero) is 1. The molecule has 0 aliphatic carbocycles. The van der Waals surface area contributed by atoms with Crippen LogP contribution >= 0.6 is 31.9 Å². The molecule has 2 aromatic rings. The van der Waals surface area contributed by atoms with Gasteiger partial charge in [-0.2, -0.15) is 26.3 Å². The number of halogens is 10. The van der Waals surface area contributed by atoms with E-state index in [4.69, 9.17) is 0 Å². The fourth-order valence-electron chi connectivity index (χ4n) is 3.15. The molecule has 0 aliphatic rings. The van der Waals surface area contributed by atoms with Gasteiger partial charge in [0.05, 0.1) is 19.8 Å². The summed E-state index contributed by atoms with van der Waals surface area (Å²) >= 11 is 6.34. The highest BCUT2D eigenvalue weighted by molar-refractivity contribution is 9.11. The van der Waals surface area contributed by atoms with Crippen molar-refractivity contribution in [3.05, 3.63) is 70.3 Å². The molecule has 0 saturated heterocycles. The lowest BCUT2D eigenvalue weighted by Gasteiger charge is -2.31. The molecule has 0 aliphatic heterocycles. The first kappa shape index (κ1) is 26.8. The van der Waals surface area contributed by atoms with E-state index in [1.807, 2.05) is 0 Å². The van der Waals surface area contributed by atoms with E-state index in [0.717, 1.165) is 12.1 Å². The van der Waals surface area contributed by atoms with Crippen molar-refractivity contribution in [3.63, 3.8) is 0 Å². The summed E-state index contributed by atoms with van der Waals surface area (Å²) in [6.07, 6.45) is -10.1. The second kappa shape index (κ2) is 9.04. The number of benzene rings is 2. The molecule has 1 nitrogen and oxygen atoms in total. The van der Waals surface area contributed by atoms with Gasteiger partial charge in [-0.25, -0.2) is 8.78 Å². The summed E-state index contributed by atoms with van der Waals surface area (Å²) in [4.78, 5) is 13.1. The summed E-state index contributed by atoms with van der Waals surface area (Å²) in [5.41, 5.74) is -2.67. The summed E-state index contributed by atoms with van der Waals surface area (Å²) in [6, 6.07) is 3.88. The molecule has 176 valence electrons. The van der Waals surface area contributed by atoms with Crippen molar-refractivity contribution < 1.29 is 39.9 Å². The van der Waals surface area contributed by atoms with Gasteiger partial charge in [-0.1, -0.05) is 44.0 Å². The molecular weight excluding hydrogens is 580 g/mol. The van der Waals surface area contributed by atoms with E-state index >= 15 is 0 Å². The third kappa shape index (κ3) is 6.30. The molecular formula is C21H16Br2F8O. The predicted octanol–water partition coefficient (Wildman–Crippen LogP) is 7.66. The first-order chi connectivity index (χ1) is 14.3. The highest BCUT2D eigenvalue weighted by Gasteiger charge is 2.43. The minimum absolute atomic E-state index is 0.158. The number of carbonyl (C=O) groups excluding carboxylic acids is 1. The zero-order chi connectivity index (χ0) is 24.7. The van der Waals surface area contributed by atoms with E-state index in [1.165, 1.54) is 13.8 Å². The standard InChI is InChI=1S/C21H16Br2F8O/c1-18(22,9-11-3-5-13(7-15(11)24)20(26,27)28)17(32)19(2,23)10-12-4-6-14(8-16(12)25)21(29,30)31/h3-8H,9-10H2,1-2H3. The molecule has 0 radical (unpaired) electrons. The molecule has 0 N–H and O–H groups in total. The number of hydrogen-bond acceptors (Lipinski definition) is 1. The highest BCUT2D eigenvalue weighted by atomic mass is 79.9. The quantitative estimate of drug-likeness (QED) is 0.247. The van der Waals surface area contributed by atoms with Crippen LogP contribution in [0.2, 0.25) is 0 Å². The van der Waals surface area contributed by atoms with E-state index in [9.17, 15) is 39.9 Å². The average molecular weight is 596 g/mol. The maximum Gasteiger partial charge on any atom is 0.416 e. The maximum absolute atomic E-state index is 14.2. The zero-order valence-electron chi connectivity index (χ0n) is 16.6. The topological polar surface area (TPSA) is 17.1 Å². The van der Waals surface area contributed by atoms with Crippen LogP contribution in [0.1, 0.15) is 36.1 Å². The Labute approximate surface area is 195 Å². The molecule has 11 heteroatoms. The van der Waals surface area contributed by atoms with Crippen LogP contribution in [0.3, 0.4) is 0 Å². The Morgan fingerprint density at radius 3 is 1.28 bits per heavy atom. The lowest BCUT2D eigenvalue weighted by molar-refractivity contribution is -0.138. The molecule has 2 aromatic carbocycles. The van der Waals surface area contributed by atoms with Gasteiger partial charge in [0.2, 0.25) is 0 Å². The van der Waals surface area contributed by atoms with E-state index in [0.29, 0.717) is 24.3 Å². The van der Waals surface area contributed by atoms with Gasteiger partial charge in [0.1, 0.15) is 11.6 Å². The molecule has 2 rings (SSSR count). The fourth-order valence-corrected chi connectivity index (χ4v) is 4.90.